The Morgan fingerprint density at radius 2 is 2.06 bits per heavy atom. The lowest BCUT2D eigenvalue weighted by atomic mass is 10.1. The summed E-state index contributed by atoms with van der Waals surface area (Å²) in [4.78, 5) is 12.5. The standard InChI is InChI=1S/C11H14ClN3O2/c12-11-8(7-13)9(15(16)17)3-4-10(11)14-5-1-2-6-14/h3-4H,1-2,5-7,13H2. The van der Waals surface area contributed by atoms with Crippen molar-refractivity contribution in [3.8, 4) is 0 Å². The number of nitro groups is 1. The Morgan fingerprint density at radius 1 is 1.41 bits per heavy atom. The number of anilines is 1. The van der Waals surface area contributed by atoms with E-state index in [1.165, 1.54) is 6.07 Å². The number of benzene rings is 1. The molecule has 0 atom stereocenters. The molecule has 0 amide bonds. The number of nitrogens with zero attached hydrogens (tertiary/aromatic N) is 2. The van der Waals surface area contributed by atoms with E-state index in [1.54, 1.807) is 6.07 Å². The fourth-order valence-corrected chi connectivity index (χ4v) is 2.52. The molecular weight excluding hydrogens is 242 g/mol. The average Bonchev–Trinajstić information content (AvgIpc) is 2.81. The highest BCUT2D eigenvalue weighted by molar-refractivity contribution is 6.34. The van der Waals surface area contributed by atoms with Crippen LogP contribution in [-0.4, -0.2) is 18.0 Å². The van der Waals surface area contributed by atoms with Gasteiger partial charge in [-0.3, -0.25) is 10.1 Å². The summed E-state index contributed by atoms with van der Waals surface area (Å²) in [5, 5.41) is 11.3. The summed E-state index contributed by atoms with van der Waals surface area (Å²) < 4.78 is 0. The topological polar surface area (TPSA) is 72.4 Å². The summed E-state index contributed by atoms with van der Waals surface area (Å²) in [6, 6.07) is 3.20. The molecule has 0 saturated carbocycles. The maximum absolute atomic E-state index is 10.8. The third kappa shape index (κ3) is 2.21. The second-order valence-electron chi connectivity index (χ2n) is 4.05. The van der Waals surface area contributed by atoms with Gasteiger partial charge in [0.25, 0.3) is 5.69 Å². The van der Waals surface area contributed by atoms with E-state index in [2.05, 4.69) is 4.90 Å². The van der Waals surface area contributed by atoms with Gasteiger partial charge in [-0.25, -0.2) is 0 Å². The quantitative estimate of drug-likeness (QED) is 0.664. The highest BCUT2D eigenvalue weighted by Crippen LogP contribution is 2.36. The van der Waals surface area contributed by atoms with Gasteiger partial charge in [0.2, 0.25) is 0 Å². The van der Waals surface area contributed by atoms with Gasteiger partial charge >= 0.3 is 0 Å². The summed E-state index contributed by atoms with van der Waals surface area (Å²) in [6.45, 7) is 1.97. The Hall–Kier alpha value is -1.33. The van der Waals surface area contributed by atoms with Gasteiger partial charge in [-0.2, -0.15) is 0 Å². The highest BCUT2D eigenvalue weighted by Gasteiger charge is 2.22. The molecule has 2 N–H and O–H groups in total. The second-order valence-corrected chi connectivity index (χ2v) is 4.43. The molecular formula is C11H14ClN3O2. The number of halogens is 1. The lowest BCUT2D eigenvalue weighted by Crippen LogP contribution is -2.19. The van der Waals surface area contributed by atoms with Crippen molar-refractivity contribution in [3.05, 3.63) is 32.8 Å². The molecule has 1 aliphatic rings. The van der Waals surface area contributed by atoms with Crippen LogP contribution in [0.15, 0.2) is 12.1 Å². The fraction of sp³-hybridized carbons (Fsp3) is 0.455. The molecule has 0 aliphatic carbocycles. The summed E-state index contributed by atoms with van der Waals surface area (Å²) >= 11 is 6.21. The minimum atomic E-state index is -0.443. The van der Waals surface area contributed by atoms with E-state index in [9.17, 15) is 10.1 Å². The largest absolute Gasteiger partial charge is 0.370 e. The van der Waals surface area contributed by atoms with Crippen molar-refractivity contribution in [2.24, 2.45) is 5.73 Å². The maximum atomic E-state index is 10.8. The molecule has 0 unspecified atom stereocenters. The lowest BCUT2D eigenvalue weighted by molar-refractivity contribution is -0.385. The first-order valence-corrected chi connectivity index (χ1v) is 5.93. The molecule has 0 radical (unpaired) electrons. The molecule has 5 nitrogen and oxygen atoms in total. The van der Waals surface area contributed by atoms with Crippen molar-refractivity contribution in [1.82, 2.24) is 0 Å². The first-order valence-electron chi connectivity index (χ1n) is 5.56. The number of nitrogens with two attached hydrogens (primary N) is 1. The van der Waals surface area contributed by atoms with Crippen LogP contribution < -0.4 is 10.6 Å². The van der Waals surface area contributed by atoms with Gasteiger partial charge in [-0.05, 0) is 18.9 Å². The Bertz CT molecular complexity index is 445. The van der Waals surface area contributed by atoms with E-state index in [1.807, 2.05) is 0 Å². The molecule has 1 fully saturated rings. The van der Waals surface area contributed by atoms with Gasteiger partial charge in [-0.15, -0.1) is 0 Å². The van der Waals surface area contributed by atoms with Crippen LogP contribution >= 0.6 is 11.6 Å². The van der Waals surface area contributed by atoms with Gasteiger partial charge in [0.1, 0.15) is 0 Å². The summed E-state index contributed by atoms with van der Waals surface area (Å²) in [5.41, 5.74) is 6.82. The summed E-state index contributed by atoms with van der Waals surface area (Å²) in [7, 11) is 0. The maximum Gasteiger partial charge on any atom is 0.275 e. The van der Waals surface area contributed by atoms with Gasteiger partial charge in [0, 0.05) is 25.7 Å². The number of nitro benzene ring substituents is 1. The SMILES string of the molecule is NCc1c([N+](=O)[O-])ccc(N2CCCC2)c1Cl. The molecule has 2 rings (SSSR count). The molecule has 0 bridgehead atoms. The van der Waals surface area contributed by atoms with Gasteiger partial charge < -0.3 is 10.6 Å². The Morgan fingerprint density at radius 3 is 2.59 bits per heavy atom. The van der Waals surface area contributed by atoms with E-state index in [0.29, 0.717) is 10.6 Å². The molecule has 17 heavy (non-hydrogen) atoms. The molecule has 6 heteroatoms. The highest BCUT2D eigenvalue weighted by atomic mass is 35.5. The van der Waals surface area contributed by atoms with E-state index >= 15 is 0 Å². The van der Waals surface area contributed by atoms with Crippen molar-refractivity contribution in [1.29, 1.82) is 0 Å². The molecule has 1 aliphatic heterocycles. The normalized spacial score (nSPS) is 15.3. The van der Waals surface area contributed by atoms with Crippen LogP contribution in [0.25, 0.3) is 0 Å². The first-order chi connectivity index (χ1) is 8.15. The van der Waals surface area contributed by atoms with Gasteiger partial charge in [-0.1, -0.05) is 11.6 Å². The van der Waals surface area contributed by atoms with Crippen LogP contribution in [0.3, 0.4) is 0 Å². The lowest BCUT2D eigenvalue weighted by Gasteiger charge is -2.20. The van der Waals surface area contributed by atoms with Crippen LogP contribution in [-0.2, 0) is 6.54 Å². The van der Waals surface area contributed by atoms with Crippen LogP contribution in [0.2, 0.25) is 5.02 Å². The zero-order valence-corrected chi connectivity index (χ0v) is 10.1. The first kappa shape index (κ1) is 12.1. The molecule has 0 spiro atoms. The minimum absolute atomic E-state index is 0.000414. The average molecular weight is 256 g/mol. The minimum Gasteiger partial charge on any atom is -0.370 e. The molecule has 1 saturated heterocycles. The summed E-state index contributed by atoms with van der Waals surface area (Å²) in [5.74, 6) is 0. The van der Waals surface area contributed by atoms with Crippen molar-refractivity contribution in [2.45, 2.75) is 19.4 Å². The van der Waals surface area contributed by atoms with E-state index < -0.39 is 4.92 Å². The van der Waals surface area contributed by atoms with Crippen LogP contribution in [0.4, 0.5) is 11.4 Å². The summed E-state index contributed by atoms with van der Waals surface area (Å²) in [6.07, 6.45) is 2.26. The zero-order valence-electron chi connectivity index (χ0n) is 9.36. The molecule has 1 heterocycles. The third-order valence-electron chi connectivity index (χ3n) is 3.05. The predicted molar refractivity (Wildman–Crippen MR) is 67.4 cm³/mol. The van der Waals surface area contributed by atoms with Crippen LogP contribution in [0.1, 0.15) is 18.4 Å². The Balaban J connectivity index is 2.45. The fourth-order valence-electron chi connectivity index (χ4n) is 2.17. The van der Waals surface area contributed by atoms with Crippen molar-refractivity contribution >= 4 is 23.0 Å². The molecule has 1 aromatic carbocycles. The van der Waals surface area contributed by atoms with Crippen molar-refractivity contribution in [3.63, 3.8) is 0 Å². The number of hydrogen-bond donors (Lipinski definition) is 1. The molecule has 92 valence electrons. The third-order valence-corrected chi connectivity index (χ3v) is 3.47. The van der Waals surface area contributed by atoms with Crippen LogP contribution in [0.5, 0.6) is 0 Å². The number of rotatable bonds is 3. The van der Waals surface area contributed by atoms with E-state index in [-0.39, 0.29) is 12.2 Å². The smallest absolute Gasteiger partial charge is 0.275 e. The van der Waals surface area contributed by atoms with Gasteiger partial charge in [0.05, 0.1) is 21.2 Å². The number of hydrogen-bond acceptors (Lipinski definition) is 4. The molecule has 0 aromatic heterocycles. The van der Waals surface area contributed by atoms with E-state index in [0.717, 1.165) is 31.6 Å². The van der Waals surface area contributed by atoms with Crippen LogP contribution in [0, 0.1) is 10.1 Å². The second kappa shape index (κ2) is 4.89. The Kier molecular flexibility index (Phi) is 3.49. The van der Waals surface area contributed by atoms with Crippen molar-refractivity contribution in [2.75, 3.05) is 18.0 Å². The zero-order chi connectivity index (χ0) is 12.4. The monoisotopic (exact) mass is 255 g/mol. The van der Waals surface area contributed by atoms with Gasteiger partial charge in [0.15, 0.2) is 0 Å². The molecule has 1 aromatic rings. The van der Waals surface area contributed by atoms with E-state index in [4.69, 9.17) is 17.3 Å². The van der Waals surface area contributed by atoms with Crippen molar-refractivity contribution < 1.29 is 4.92 Å². The predicted octanol–water partition coefficient (Wildman–Crippen LogP) is 2.31. The Labute approximate surface area is 104 Å².